The minimum absolute atomic E-state index is 0.00947. The number of nitrogens with one attached hydrogen (secondary N) is 1. The van der Waals surface area contributed by atoms with Crippen LogP contribution >= 0.6 is 15.9 Å². The van der Waals surface area contributed by atoms with E-state index in [1.54, 1.807) is 12.4 Å². The number of hydrogen-bond acceptors (Lipinski definition) is 2. The molecule has 0 radical (unpaired) electrons. The molecule has 5 heteroatoms. The molecule has 0 saturated heterocycles. The Morgan fingerprint density at radius 2 is 2.36 bits per heavy atom. The molecule has 14 heavy (non-hydrogen) atoms. The van der Waals surface area contributed by atoms with Gasteiger partial charge in [-0.25, -0.2) is 4.98 Å². The molecule has 1 aromatic carbocycles. The highest BCUT2D eigenvalue weighted by Crippen LogP contribution is 2.22. The molecule has 0 saturated carbocycles. The summed E-state index contributed by atoms with van der Waals surface area (Å²) in [5.41, 5.74) is 2.42. The van der Waals surface area contributed by atoms with Crippen LogP contribution in [0.1, 0.15) is 5.56 Å². The summed E-state index contributed by atoms with van der Waals surface area (Å²) in [6, 6.07) is 3.60. The summed E-state index contributed by atoms with van der Waals surface area (Å²) in [5, 5.41) is 8.67. The summed E-state index contributed by atoms with van der Waals surface area (Å²) in [5.74, 6) is -0.843. The van der Waals surface area contributed by atoms with Crippen LogP contribution in [0.4, 0.5) is 0 Å². The number of halogens is 1. The third-order valence-electron chi connectivity index (χ3n) is 1.93. The lowest BCUT2D eigenvalue weighted by Gasteiger charge is -2.00. The molecule has 2 N–H and O–H groups in total. The maximum atomic E-state index is 10.5. The molecule has 72 valence electrons. The standard InChI is InChI=1S/C9H7BrN2O2/c10-6-3-8-7(11-4-12-8)1-5(6)2-9(13)14/h1,3-4H,2H2,(H,11,12)(H,13,14). The van der Waals surface area contributed by atoms with Gasteiger partial charge in [-0.1, -0.05) is 15.9 Å². The highest BCUT2D eigenvalue weighted by molar-refractivity contribution is 9.10. The van der Waals surface area contributed by atoms with Crippen LogP contribution in [0.2, 0.25) is 0 Å². The van der Waals surface area contributed by atoms with Crippen molar-refractivity contribution < 1.29 is 9.90 Å². The van der Waals surface area contributed by atoms with Gasteiger partial charge in [-0.2, -0.15) is 0 Å². The van der Waals surface area contributed by atoms with Crippen molar-refractivity contribution in [3.63, 3.8) is 0 Å². The van der Waals surface area contributed by atoms with Crippen LogP contribution in [0.5, 0.6) is 0 Å². The third-order valence-corrected chi connectivity index (χ3v) is 2.67. The SMILES string of the molecule is O=C(O)Cc1cc2[nH]cnc2cc1Br. The van der Waals surface area contributed by atoms with Crippen LogP contribution in [0.15, 0.2) is 22.9 Å². The van der Waals surface area contributed by atoms with Crippen molar-refractivity contribution >= 4 is 32.9 Å². The Balaban J connectivity index is 2.53. The zero-order chi connectivity index (χ0) is 10.1. The number of fused-ring (bicyclic) bond motifs is 1. The number of nitrogens with zero attached hydrogens (tertiary/aromatic N) is 1. The van der Waals surface area contributed by atoms with Crippen molar-refractivity contribution in [1.82, 2.24) is 9.97 Å². The van der Waals surface area contributed by atoms with Gasteiger partial charge in [0.1, 0.15) is 0 Å². The summed E-state index contributed by atoms with van der Waals surface area (Å²) in [6.07, 6.45) is 1.59. The minimum atomic E-state index is -0.843. The first-order valence-electron chi connectivity index (χ1n) is 4.00. The van der Waals surface area contributed by atoms with Crippen molar-refractivity contribution in [1.29, 1.82) is 0 Å². The zero-order valence-corrected chi connectivity index (χ0v) is 8.71. The Morgan fingerprint density at radius 3 is 3.07 bits per heavy atom. The summed E-state index contributed by atoms with van der Waals surface area (Å²) in [4.78, 5) is 17.6. The molecular weight excluding hydrogens is 248 g/mol. The van der Waals surface area contributed by atoms with E-state index < -0.39 is 5.97 Å². The molecule has 0 atom stereocenters. The van der Waals surface area contributed by atoms with E-state index in [0.29, 0.717) is 0 Å². The van der Waals surface area contributed by atoms with Crippen molar-refractivity contribution in [2.24, 2.45) is 0 Å². The van der Waals surface area contributed by atoms with Gasteiger partial charge >= 0.3 is 5.97 Å². The lowest BCUT2D eigenvalue weighted by atomic mass is 10.1. The zero-order valence-electron chi connectivity index (χ0n) is 7.12. The number of carbonyl (C=O) groups is 1. The van der Waals surface area contributed by atoms with Gasteiger partial charge in [-0.15, -0.1) is 0 Å². The first kappa shape index (κ1) is 9.21. The number of rotatable bonds is 2. The Labute approximate surface area is 88.1 Å². The highest BCUT2D eigenvalue weighted by Gasteiger charge is 2.07. The van der Waals surface area contributed by atoms with Gasteiger partial charge in [0.2, 0.25) is 0 Å². The molecule has 1 aromatic heterocycles. The van der Waals surface area contributed by atoms with E-state index in [4.69, 9.17) is 5.11 Å². The second-order valence-corrected chi connectivity index (χ2v) is 3.79. The number of carboxylic acids is 1. The van der Waals surface area contributed by atoms with Gasteiger partial charge in [-0.05, 0) is 17.7 Å². The number of H-pyrrole nitrogens is 1. The molecule has 2 aromatic rings. The van der Waals surface area contributed by atoms with Crippen LogP contribution in [0.25, 0.3) is 11.0 Å². The number of aromatic nitrogens is 2. The number of hydrogen-bond donors (Lipinski definition) is 2. The molecule has 2 rings (SSSR count). The van der Waals surface area contributed by atoms with Gasteiger partial charge in [0.25, 0.3) is 0 Å². The van der Waals surface area contributed by atoms with Crippen LogP contribution in [0.3, 0.4) is 0 Å². The molecular formula is C9H7BrN2O2. The van der Waals surface area contributed by atoms with Crippen molar-refractivity contribution in [2.75, 3.05) is 0 Å². The summed E-state index contributed by atoms with van der Waals surface area (Å²) < 4.78 is 0.777. The molecule has 4 nitrogen and oxygen atoms in total. The molecule has 0 fully saturated rings. The largest absolute Gasteiger partial charge is 0.481 e. The number of aromatic amines is 1. The van der Waals surface area contributed by atoms with Gasteiger partial charge in [0.15, 0.2) is 0 Å². The quantitative estimate of drug-likeness (QED) is 0.861. The highest BCUT2D eigenvalue weighted by atomic mass is 79.9. The number of carboxylic acid groups (broad SMARTS) is 1. The minimum Gasteiger partial charge on any atom is -0.481 e. The van der Waals surface area contributed by atoms with Gasteiger partial charge in [0, 0.05) is 4.47 Å². The van der Waals surface area contributed by atoms with E-state index in [9.17, 15) is 4.79 Å². The molecule has 1 heterocycles. The first-order valence-corrected chi connectivity index (χ1v) is 4.79. The van der Waals surface area contributed by atoms with Gasteiger partial charge in [-0.3, -0.25) is 4.79 Å². The maximum absolute atomic E-state index is 10.5. The van der Waals surface area contributed by atoms with Crippen LogP contribution in [-0.2, 0) is 11.2 Å². The van der Waals surface area contributed by atoms with Gasteiger partial charge in [0.05, 0.1) is 23.8 Å². The van der Waals surface area contributed by atoms with E-state index in [1.165, 1.54) is 0 Å². The Bertz CT molecular complexity index is 493. The molecule has 0 spiro atoms. The van der Waals surface area contributed by atoms with E-state index in [-0.39, 0.29) is 6.42 Å². The summed E-state index contributed by atoms with van der Waals surface area (Å²) in [7, 11) is 0. The third kappa shape index (κ3) is 1.63. The van der Waals surface area contributed by atoms with Crippen LogP contribution in [0, 0.1) is 0 Å². The van der Waals surface area contributed by atoms with Crippen LogP contribution in [-0.4, -0.2) is 21.0 Å². The molecule has 0 aliphatic rings. The fourth-order valence-corrected chi connectivity index (χ4v) is 1.77. The summed E-state index contributed by atoms with van der Waals surface area (Å²) in [6.45, 7) is 0. The number of aliphatic carboxylic acids is 1. The average molecular weight is 255 g/mol. The predicted octanol–water partition coefficient (Wildman–Crippen LogP) is 1.95. The fourth-order valence-electron chi connectivity index (χ4n) is 1.30. The molecule has 0 unspecified atom stereocenters. The second kappa shape index (κ2) is 3.42. The monoisotopic (exact) mass is 254 g/mol. The van der Waals surface area contributed by atoms with E-state index in [0.717, 1.165) is 21.1 Å². The lowest BCUT2D eigenvalue weighted by Crippen LogP contribution is -2.00. The first-order chi connectivity index (χ1) is 6.66. The van der Waals surface area contributed by atoms with Crippen molar-refractivity contribution in [2.45, 2.75) is 6.42 Å². The lowest BCUT2D eigenvalue weighted by molar-refractivity contribution is -0.136. The maximum Gasteiger partial charge on any atom is 0.307 e. The average Bonchev–Trinajstić information content (AvgIpc) is 2.51. The fraction of sp³-hybridized carbons (Fsp3) is 0.111. The normalized spacial score (nSPS) is 10.6. The number of benzene rings is 1. The van der Waals surface area contributed by atoms with E-state index in [1.807, 2.05) is 6.07 Å². The summed E-state index contributed by atoms with van der Waals surface area (Å²) >= 11 is 3.31. The second-order valence-electron chi connectivity index (χ2n) is 2.93. The number of imidazole rings is 1. The van der Waals surface area contributed by atoms with Crippen LogP contribution < -0.4 is 0 Å². The van der Waals surface area contributed by atoms with E-state index >= 15 is 0 Å². The molecule has 0 bridgehead atoms. The Kier molecular flexibility index (Phi) is 2.25. The van der Waals surface area contributed by atoms with Crippen molar-refractivity contribution in [3.05, 3.63) is 28.5 Å². The van der Waals surface area contributed by atoms with E-state index in [2.05, 4.69) is 25.9 Å². The Morgan fingerprint density at radius 1 is 1.57 bits per heavy atom. The predicted molar refractivity (Wildman–Crippen MR) is 55.1 cm³/mol. The molecule has 0 aliphatic carbocycles. The van der Waals surface area contributed by atoms with Crippen molar-refractivity contribution in [3.8, 4) is 0 Å². The molecule has 0 aliphatic heterocycles. The topological polar surface area (TPSA) is 66.0 Å². The van der Waals surface area contributed by atoms with Gasteiger partial charge < -0.3 is 10.1 Å². The molecule has 0 amide bonds. The Hall–Kier alpha value is -1.36. The smallest absolute Gasteiger partial charge is 0.307 e.